The van der Waals surface area contributed by atoms with E-state index in [0.717, 1.165) is 55.6 Å². The third-order valence-electron chi connectivity index (χ3n) is 5.58. The van der Waals surface area contributed by atoms with Gasteiger partial charge in [-0.15, -0.1) is 12.4 Å². The van der Waals surface area contributed by atoms with Gasteiger partial charge in [0.2, 0.25) is 0 Å². The number of hydrogen-bond acceptors (Lipinski definition) is 3. The topological polar surface area (TPSA) is 15.7 Å². The molecule has 0 spiro atoms. The first kappa shape index (κ1) is 22.6. The van der Waals surface area contributed by atoms with Crippen LogP contribution in [0.3, 0.4) is 0 Å². The molecule has 3 aromatic carbocycles. The third-order valence-corrected chi connectivity index (χ3v) is 5.81. The Bertz CT molecular complexity index is 997. The smallest absolute Gasteiger partial charge is 0.126 e. The van der Waals surface area contributed by atoms with Crippen molar-refractivity contribution in [2.24, 2.45) is 0 Å². The van der Waals surface area contributed by atoms with Crippen molar-refractivity contribution in [3.05, 3.63) is 82.9 Å². The Morgan fingerprint density at radius 3 is 2.37 bits per heavy atom. The van der Waals surface area contributed by atoms with Gasteiger partial charge in [0.05, 0.1) is 7.11 Å². The first-order valence-corrected chi connectivity index (χ1v) is 10.5. The molecule has 0 aromatic heterocycles. The second-order valence-electron chi connectivity index (χ2n) is 7.51. The normalized spacial score (nSPS) is 15.4. The van der Waals surface area contributed by atoms with Crippen LogP contribution in [0.2, 0.25) is 5.02 Å². The van der Waals surface area contributed by atoms with Crippen molar-refractivity contribution >= 4 is 40.9 Å². The van der Waals surface area contributed by atoms with E-state index < -0.39 is 0 Å². The van der Waals surface area contributed by atoms with Gasteiger partial charge >= 0.3 is 0 Å². The molecule has 3 nitrogen and oxygen atoms in total. The highest BCUT2D eigenvalue weighted by Crippen LogP contribution is 2.29. The van der Waals surface area contributed by atoms with E-state index in [1.165, 1.54) is 16.3 Å². The molecule has 0 radical (unpaired) electrons. The predicted molar refractivity (Wildman–Crippen MR) is 130 cm³/mol. The Morgan fingerprint density at radius 2 is 1.63 bits per heavy atom. The molecule has 1 fully saturated rings. The summed E-state index contributed by atoms with van der Waals surface area (Å²) in [5.41, 5.74) is 2.53. The molecular formula is C25H28Cl2N2O. The molecule has 0 N–H and O–H groups in total. The van der Waals surface area contributed by atoms with Gasteiger partial charge in [-0.05, 0) is 34.7 Å². The zero-order valence-corrected chi connectivity index (χ0v) is 18.8. The second-order valence-corrected chi connectivity index (χ2v) is 7.94. The van der Waals surface area contributed by atoms with Gasteiger partial charge in [-0.25, -0.2) is 0 Å². The summed E-state index contributed by atoms with van der Waals surface area (Å²) in [5.74, 6) is 0.945. The van der Waals surface area contributed by atoms with Crippen LogP contribution in [0, 0.1) is 0 Å². The number of hydrogen-bond donors (Lipinski definition) is 0. The van der Waals surface area contributed by atoms with Crippen molar-refractivity contribution in [1.29, 1.82) is 0 Å². The van der Waals surface area contributed by atoms with Crippen molar-refractivity contribution < 1.29 is 4.74 Å². The summed E-state index contributed by atoms with van der Waals surface area (Å²) in [6, 6.07) is 20.8. The number of piperazine rings is 1. The molecule has 0 unspecified atom stereocenters. The number of nitrogens with zero attached hydrogens (tertiary/aromatic N) is 2. The average Bonchev–Trinajstić information content (AvgIpc) is 2.75. The Balaban J connectivity index is 0.00000256. The van der Waals surface area contributed by atoms with Crippen molar-refractivity contribution in [1.82, 2.24) is 9.80 Å². The number of ether oxygens (including phenoxy) is 1. The minimum Gasteiger partial charge on any atom is -0.496 e. The van der Waals surface area contributed by atoms with Crippen LogP contribution in [0.4, 0.5) is 0 Å². The average molecular weight is 443 g/mol. The Hall–Kier alpha value is -2.04. The lowest BCUT2D eigenvalue weighted by molar-refractivity contribution is 0.137. The van der Waals surface area contributed by atoms with Crippen molar-refractivity contribution in [3.8, 4) is 5.75 Å². The fourth-order valence-corrected chi connectivity index (χ4v) is 4.17. The maximum atomic E-state index is 6.05. The maximum absolute atomic E-state index is 6.05. The maximum Gasteiger partial charge on any atom is 0.126 e. The summed E-state index contributed by atoms with van der Waals surface area (Å²) < 4.78 is 5.53. The first-order chi connectivity index (χ1) is 14.2. The van der Waals surface area contributed by atoms with E-state index in [1.54, 1.807) is 7.11 Å². The summed E-state index contributed by atoms with van der Waals surface area (Å²) in [6.07, 6.45) is 4.39. The van der Waals surface area contributed by atoms with Crippen molar-refractivity contribution in [2.45, 2.75) is 6.54 Å². The van der Waals surface area contributed by atoms with Crippen molar-refractivity contribution in [3.63, 3.8) is 0 Å². The fraction of sp³-hybridized carbons (Fsp3) is 0.280. The summed E-state index contributed by atoms with van der Waals surface area (Å²) in [6.45, 7) is 6.32. The van der Waals surface area contributed by atoms with Crippen LogP contribution >= 0.6 is 24.0 Å². The minimum absolute atomic E-state index is 0. The molecule has 0 bridgehead atoms. The second kappa shape index (κ2) is 10.8. The lowest BCUT2D eigenvalue weighted by atomic mass is 10.0. The largest absolute Gasteiger partial charge is 0.496 e. The molecule has 1 saturated heterocycles. The summed E-state index contributed by atoms with van der Waals surface area (Å²) in [4.78, 5) is 5.05. The quantitative estimate of drug-likeness (QED) is 0.482. The van der Waals surface area contributed by atoms with Gasteiger partial charge < -0.3 is 4.74 Å². The zero-order valence-electron chi connectivity index (χ0n) is 17.3. The van der Waals surface area contributed by atoms with Crippen LogP contribution in [0.25, 0.3) is 16.8 Å². The van der Waals surface area contributed by atoms with Gasteiger partial charge in [-0.2, -0.15) is 0 Å². The van der Waals surface area contributed by atoms with Crippen LogP contribution in [-0.4, -0.2) is 49.6 Å². The standard InChI is InChI=1S/C25H27ClN2O.ClH/c1-29-25-12-11-21(23-9-2-3-10-24(23)25)19-28-16-14-27(15-17-28)13-5-7-20-6-4-8-22(26)18-20;/h2-12,18H,13-17,19H2,1H3;1H/b7-5+;. The van der Waals surface area contributed by atoms with Crippen molar-refractivity contribution in [2.75, 3.05) is 39.8 Å². The van der Waals surface area contributed by atoms with Gasteiger partial charge in [0, 0.05) is 49.7 Å². The molecule has 5 heteroatoms. The van der Waals surface area contributed by atoms with E-state index >= 15 is 0 Å². The highest BCUT2D eigenvalue weighted by atomic mass is 35.5. The summed E-state index contributed by atoms with van der Waals surface area (Å²) >= 11 is 6.05. The number of halogens is 2. The van der Waals surface area contributed by atoms with E-state index in [-0.39, 0.29) is 12.4 Å². The molecule has 0 atom stereocenters. The Kier molecular flexibility index (Phi) is 8.17. The number of methoxy groups -OCH3 is 1. The molecule has 1 heterocycles. The molecular weight excluding hydrogens is 415 g/mol. The SMILES string of the molecule is COc1ccc(CN2CCN(C/C=C/c3cccc(Cl)c3)CC2)c2ccccc12.Cl. The fourth-order valence-electron chi connectivity index (χ4n) is 3.97. The molecule has 0 amide bonds. The minimum atomic E-state index is 0. The van der Waals surface area contributed by atoms with Crippen LogP contribution < -0.4 is 4.74 Å². The van der Waals surface area contributed by atoms with E-state index in [1.807, 2.05) is 18.2 Å². The monoisotopic (exact) mass is 442 g/mol. The highest BCUT2D eigenvalue weighted by Gasteiger charge is 2.17. The highest BCUT2D eigenvalue weighted by molar-refractivity contribution is 6.30. The number of fused-ring (bicyclic) bond motifs is 1. The summed E-state index contributed by atoms with van der Waals surface area (Å²) in [7, 11) is 1.74. The molecule has 0 saturated carbocycles. The van der Waals surface area contributed by atoms with E-state index in [2.05, 4.69) is 64.4 Å². The van der Waals surface area contributed by atoms with Crippen LogP contribution in [0.5, 0.6) is 5.75 Å². The lowest BCUT2D eigenvalue weighted by Crippen LogP contribution is -2.45. The van der Waals surface area contributed by atoms with E-state index in [4.69, 9.17) is 16.3 Å². The molecule has 0 aliphatic carbocycles. The Morgan fingerprint density at radius 1 is 0.900 bits per heavy atom. The zero-order chi connectivity index (χ0) is 20.1. The van der Waals surface area contributed by atoms with E-state index in [9.17, 15) is 0 Å². The van der Waals surface area contributed by atoms with Gasteiger partial charge in [0.15, 0.2) is 0 Å². The summed E-state index contributed by atoms with van der Waals surface area (Å²) in [5, 5.41) is 3.27. The van der Waals surface area contributed by atoms with Crippen LogP contribution in [-0.2, 0) is 6.54 Å². The van der Waals surface area contributed by atoms with Gasteiger partial charge in [0.25, 0.3) is 0 Å². The van der Waals surface area contributed by atoms with Gasteiger partial charge in [-0.1, -0.05) is 66.2 Å². The molecule has 30 heavy (non-hydrogen) atoms. The molecule has 1 aliphatic heterocycles. The van der Waals surface area contributed by atoms with Gasteiger partial charge in [0.1, 0.15) is 5.75 Å². The third kappa shape index (κ3) is 5.55. The molecule has 158 valence electrons. The number of rotatable bonds is 6. The lowest BCUT2D eigenvalue weighted by Gasteiger charge is -2.34. The van der Waals surface area contributed by atoms with E-state index in [0.29, 0.717) is 0 Å². The Labute approximate surface area is 190 Å². The molecule has 1 aliphatic rings. The van der Waals surface area contributed by atoms with Crippen LogP contribution in [0.1, 0.15) is 11.1 Å². The van der Waals surface area contributed by atoms with Crippen LogP contribution in [0.15, 0.2) is 66.7 Å². The first-order valence-electron chi connectivity index (χ1n) is 10.1. The predicted octanol–water partition coefficient (Wildman–Crippen LogP) is 5.75. The number of benzene rings is 3. The molecule has 4 rings (SSSR count). The van der Waals surface area contributed by atoms with Gasteiger partial charge in [-0.3, -0.25) is 9.80 Å². The molecule has 3 aromatic rings.